The highest BCUT2D eigenvalue weighted by atomic mass is 19.1. The van der Waals surface area contributed by atoms with E-state index in [1.165, 1.54) is 6.07 Å². The van der Waals surface area contributed by atoms with E-state index >= 15 is 0 Å². The lowest BCUT2D eigenvalue weighted by atomic mass is 10.2. The molecule has 0 saturated carbocycles. The lowest BCUT2D eigenvalue weighted by Gasteiger charge is -2.24. The van der Waals surface area contributed by atoms with E-state index in [2.05, 4.69) is 15.6 Å². The first-order chi connectivity index (χ1) is 11.4. The Kier molecular flexibility index (Phi) is 5.78. The Morgan fingerprint density at radius 2 is 2.12 bits per heavy atom. The van der Waals surface area contributed by atoms with E-state index in [9.17, 15) is 9.18 Å². The maximum Gasteiger partial charge on any atom is 0.319 e. The van der Waals surface area contributed by atoms with E-state index in [1.807, 2.05) is 43.5 Å². The molecule has 2 aromatic rings. The van der Waals surface area contributed by atoms with Crippen LogP contribution in [0.25, 0.3) is 0 Å². The minimum absolute atomic E-state index is 0.0876. The SMILES string of the molecule is CC(Cn1ccnc1)NC(=O)Nc1ccc(N(C)C(C)C)c(F)c1. The molecular weight excluding hydrogens is 309 g/mol. The average Bonchev–Trinajstić information content (AvgIpc) is 2.99. The van der Waals surface area contributed by atoms with E-state index in [1.54, 1.807) is 24.7 Å². The van der Waals surface area contributed by atoms with Crippen LogP contribution in [0.1, 0.15) is 20.8 Å². The van der Waals surface area contributed by atoms with Crippen LogP contribution in [0.2, 0.25) is 0 Å². The van der Waals surface area contributed by atoms with Gasteiger partial charge in [0.25, 0.3) is 0 Å². The average molecular weight is 333 g/mol. The second-order valence-corrected chi connectivity index (χ2v) is 6.13. The molecule has 0 bridgehead atoms. The van der Waals surface area contributed by atoms with Crippen LogP contribution in [0.3, 0.4) is 0 Å². The number of hydrogen-bond acceptors (Lipinski definition) is 3. The number of halogens is 1. The van der Waals surface area contributed by atoms with Crippen molar-refractivity contribution in [2.75, 3.05) is 17.3 Å². The Labute approximate surface area is 141 Å². The van der Waals surface area contributed by atoms with Gasteiger partial charge in [-0.05, 0) is 39.0 Å². The Hall–Kier alpha value is -2.57. The molecule has 0 saturated heterocycles. The van der Waals surface area contributed by atoms with Crippen LogP contribution in [-0.4, -0.2) is 34.7 Å². The van der Waals surface area contributed by atoms with Crippen molar-refractivity contribution in [1.29, 1.82) is 0 Å². The molecule has 0 radical (unpaired) electrons. The number of hydrogen-bond donors (Lipinski definition) is 2. The van der Waals surface area contributed by atoms with E-state index < -0.39 is 0 Å². The summed E-state index contributed by atoms with van der Waals surface area (Å²) in [7, 11) is 1.83. The highest BCUT2D eigenvalue weighted by Crippen LogP contribution is 2.23. The first kappa shape index (κ1) is 17.8. The van der Waals surface area contributed by atoms with Crippen LogP contribution in [0.4, 0.5) is 20.6 Å². The lowest BCUT2D eigenvalue weighted by molar-refractivity contribution is 0.248. The molecule has 6 nitrogen and oxygen atoms in total. The molecule has 7 heteroatoms. The molecule has 1 heterocycles. The number of anilines is 2. The van der Waals surface area contributed by atoms with E-state index in [0.29, 0.717) is 17.9 Å². The molecule has 1 aromatic carbocycles. The summed E-state index contributed by atoms with van der Waals surface area (Å²) in [5.41, 5.74) is 0.921. The van der Waals surface area contributed by atoms with Gasteiger partial charge in [-0.1, -0.05) is 0 Å². The number of rotatable bonds is 6. The number of imidazole rings is 1. The first-order valence-electron chi connectivity index (χ1n) is 7.92. The number of carbonyl (C=O) groups is 1. The van der Waals surface area contributed by atoms with E-state index in [0.717, 1.165) is 0 Å². The second-order valence-electron chi connectivity index (χ2n) is 6.13. The summed E-state index contributed by atoms with van der Waals surface area (Å²) in [6.07, 6.45) is 5.20. The topological polar surface area (TPSA) is 62.2 Å². The molecule has 0 aliphatic carbocycles. The molecule has 1 unspecified atom stereocenters. The summed E-state index contributed by atoms with van der Waals surface area (Å²) in [5, 5.41) is 5.47. The van der Waals surface area contributed by atoms with E-state index in [-0.39, 0.29) is 23.9 Å². The molecular formula is C17H24FN5O. The van der Waals surface area contributed by atoms with Crippen molar-refractivity contribution in [3.8, 4) is 0 Å². The van der Waals surface area contributed by atoms with Crippen LogP contribution in [0.5, 0.6) is 0 Å². The van der Waals surface area contributed by atoms with Crippen molar-refractivity contribution < 1.29 is 9.18 Å². The monoisotopic (exact) mass is 333 g/mol. The van der Waals surface area contributed by atoms with Gasteiger partial charge in [0.15, 0.2) is 0 Å². The number of aromatic nitrogens is 2. The zero-order chi connectivity index (χ0) is 17.7. The minimum Gasteiger partial charge on any atom is -0.370 e. The van der Waals surface area contributed by atoms with Crippen molar-refractivity contribution in [1.82, 2.24) is 14.9 Å². The molecule has 0 aliphatic heterocycles. The fourth-order valence-corrected chi connectivity index (χ4v) is 2.30. The standard InChI is InChI=1S/C17H24FN5O/c1-12(2)22(4)16-6-5-14(9-15(16)18)21-17(24)20-13(3)10-23-8-7-19-11-23/h5-9,11-13H,10H2,1-4H3,(H2,20,21,24). The first-order valence-corrected chi connectivity index (χ1v) is 7.92. The zero-order valence-electron chi connectivity index (χ0n) is 14.5. The fourth-order valence-electron chi connectivity index (χ4n) is 2.30. The lowest BCUT2D eigenvalue weighted by Crippen LogP contribution is -2.38. The Morgan fingerprint density at radius 1 is 1.38 bits per heavy atom. The third-order valence-corrected chi connectivity index (χ3v) is 3.78. The Morgan fingerprint density at radius 3 is 2.71 bits per heavy atom. The van der Waals surface area contributed by atoms with Gasteiger partial charge in [-0.15, -0.1) is 0 Å². The number of nitrogens with one attached hydrogen (secondary N) is 2. The molecule has 24 heavy (non-hydrogen) atoms. The number of carbonyl (C=O) groups excluding carboxylic acids is 1. The molecule has 2 rings (SSSR count). The summed E-state index contributed by atoms with van der Waals surface area (Å²) in [6, 6.07) is 4.42. The van der Waals surface area contributed by atoms with Gasteiger partial charge in [-0.2, -0.15) is 0 Å². The molecule has 1 atom stereocenters. The second kappa shape index (κ2) is 7.81. The summed E-state index contributed by atoms with van der Waals surface area (Å²) in [5.74, 6) is -0.365. The summed E-state index contributed by atoms with van der Waals surface area (Å²) in [4.78, 5) is 17.8. The third kappa shape index (κ3) is 4.71. The quantitative estimate of drug-likeness (QED) is 0.854. The van der Waals surface area contributed by atoms with Gasteiger partial charge in [0, 0.05) is 43.8 Å². The fraction of sp³-hybridized carbons (Fsp3) is 0.412. The van der Waals surface area contributed by atoms with Crippen molar-refractivity contribution in [3.63, 3.8) is 0 Å². The van der Waals surface area contributed by atoms with Gasteiger partial charge >= 0.3 is 6.03 Å². The van der Waals surface area contributed by atoms with Gasteiger partial charge < -0.3 is 20.1 Å². The molecule has 2 amide bonds. The van der Waals surface area contributed by atoms with Gasteiger partial charge in [0.05, 0.1) is 12.0 Å². The molecule has 0 spiro atoms. The van der Waals surface area contributed by atoms with Crippen molar-refractivity contribution in [3.05, 3.63) is 42.7 Å². The van der Waals surface area contributed by atoms with Crippen LogP contribution >= 0.6 is 0 Å². The third-order valence-electron chi connectivity index (χ3n) is 3.78. The number of nitrogens with zero attached hydrogens (tertiary/aromatic N) is 3. The minimum atomic E-state index is -0.369. The van der Waals surface area contributed by atoms with Crippen molar-refractivity contribution in [2.24, 2.45) is 0 Å². The summed E-state index contributed by atoms with van der Waals surface area (Å²) in [6.45, 7) is 6.47. The maximum atomic E-state index is 14.2. The number of urea groups is 1. The molecule has 0 fully saturated rings. The Bertz CT molecular complexity index is 672. The van der Waals surface area contributed by atoms with Crippen LogP contribution in [0, 0.1) is 5.82 Å². The molecule has 130 valence electrons. The van der Waals surface area contributed by atoms with Crippen molar-refractivity contribution >= 4 is 17.4 Å². The van der Waals surface area contributed by atoms with Gasteiger partial charge in [0.1, 0.15) is 5.82 Å². The predicted molar refractivity (Wildman–Crippen MR) is 93.8 cm³/mol. The highest BCUT2D eigenvalue weighted by molar-refractivity contribution is 5.89. The largest absolute Gasteiger partial charge is 0.370 e. The predicted octanol–water partition coefficient (Wildman–Crippen LogP) is 3.08. The van der Waals surface area contributed by atoms with Gasteiger partial charge in [-0.25, -0.2) is 14.2 Å². The molecule has 0 aliphatic rings. The smallest absolute Gasteiger partial charge is 0.319 e. The normalized spacial score (nSPS) is 12.1. The number of benzene rings is 1. The molecule has 1 aromatic heterocycles. The van der Waals surface area contributed by atoms with E-state index in [4.69, 9.17) is 0 Å². The maximum absolute atomic E-state index is 14.2. The van der Waals surface area contributed by atoms with Gasteiger partial charge in [0.2, 0.25) is 0 Å². The number of amides is 2. The zero-order valence-corrected chi connectivity index (χ0v) is 14.5. The van der Waals surface area contributed by atoms with Crippen LogP contribution in [0.15, 0.2) is 36.9 Å². The van der Waals surface area contributed by atoms with Crippen LogP contribution < -0.4 is 15.5 Å². The van der Waals surface area contributed by atoms with Crippen molar-refractivity contribution in [2.45, 2.75) is 39.4 Å². The summed E-state index contributed by atoms with van der Waals surface area (Å²) < 4.78 is 16.1. The highest BCUT2D eigenvalue weighted by Gasteiger charge is 2.13. The Balaban J connectivity index is 1.93. The van der Waals surface area contributed by atoms with Crippen LogP contribution in [-0.2, 0) is 6.54 Å². The summed E-state index contributed by atoms with van der Waals surface area (Å²) >= 11 is 0. The van der Waals surface area contributed by atoms with Gasteiger partial charge in [-0.3, -0.25) is 0 Å². The molecule has 2 N–H and O–H groups in total.